The molecule has 0 saturated heterocycles. The fourth-order valence-corrected chi connectivity index (χ4v) is 3.73. The van der Waals surface area contributed by atoms with Crippen LogP contribution in [0.3, 0.4) is 0 Å². The van der Waals surface area contributed by atoms with Crippen LogP contribution in [0, 0.1) is 0 Å². The van der Waals surface area contributed by atoms with E-state index in [0.29, 0.717) is 12.0 Å². The third kappa shape index (κ3) is 2.97. The minimum absolute atomic E-state index is 0.0281. The monoisotopic (exact) mass is 408 g/mol. The largest absolute Gasteiger partial charge is 0.493 e. The zero-order chi connectivity index (χ0) is 19.6. The Morgan fingerprint density at radius 2 is 1.85 bits per heavy atom. The Morgan fingerprint density at radius 1 is 1.11 bits per heavy atom. The molecule has 0 radical (unpaired) electrons. The Labute approximate surface area is 154 Å². The molecule has 10 heteroatoms. The van der Waals surface area contributed by atoms with Crippen molar-refractivity contribution in [2.75, 3.05) is 13.2 Å². The van der Waals surface area contributed by atoms with E-state index in [0.717, 1.165) is 24.4 Å². The lowest BCUT2D eigenvalue weighted by Gasteiger charge is -2.34. The molecule has 3 aliphatic rings. The summed E-state index contributed by atoms with van der Waals surface area (Å²) in [5, 5.41) is -0.165. The number of alkyl halides is 6. The van der Waals surface area contributed by atoms with Gasteiger partial charge in [-0.05, 0) is 18.2 Å². The molecule has 0 aromatic heterocycles. The van der Waals surface area contributed by atoms with E-state index in [9.17, 15) is 26.3 Å². The number of hydrogen-bond acceptors (Lipinski definition) is 3. The van der Waals surface area contributed by atoms with Gasteiger partial charge in [0.2, 0.25) is 0 Å². The van der Waals surface area contributed by atoms with Gasteiger partial charge in [0.25, 0.3) is 0 Å². The van der Waals surface area contributed by atoms with Gasteiger partial charge in [0, 0.05) is 18.2 Å². The maximum absolute atomic E-state index is 13.0. The highest BCUT2D eigenvalue weighted by molar-refractivity contribution is 6.43. The van der Waals surface area contributed by atoms with Crippen LogP contribution in [0.1, 0.15) is 17.5 Å². The van der Waals surface area contributed by atoms with E-state index in [4.69, 9.17) is 16.3 Å². The van der Waals surface area contributed by atoms with Crippen LogP contribution in [-0.4, -0.2) is 30.1 Å². The van der Waals surface area contributed by atoms with Gasteiger partial charge in [-0.3, -0.25) is 4.99 Å². The second-order valence-corrected chi connectivity index (χ2v) is 6.88. The third-order valence-corrected chi connectivity index (χ3v) is 5.00. The van der Waals surface area contributed by atoms with Crippen molar-refractivity contribution in [3.8, 4) is 5.75 Å². The Bertz CT molecular complexity index is 902. The molecule has 0 saturated carbocycles. The molecule has 0 N–H and O–H groups in total. The molecule has 0 unspecified atom stereocenters. The number of benzene rings is 1. The standard InChI is InChI=1S/C17H11ClF6N2O/c18-12-5-10(17(22,23)24)7-26-8-15(25-14(12)26)3-4-27-13-6-9(16(19,20)21)1-2-11(13)15/h1-2,5-7H,3-4,8H2/t15-/m0/s1. The maximum Gasteiger partial charge on any atom is 0.417 e. The first kappa shape index (κ1) is 18.2. The second-order valence-electron chi connectivity index (χ2n) is 6.48. The highest BCUT2D eigenvalue weighted by Crippen LogP contribution is 2.47. The van der Waals surface area contributed by atoms with Crippen molar-refractivity contribution in [2.24, 2.45) is 4.99 Å². The van der Waals surface area contributed by atoms with Crippen molar-refractivity contribution in [3.05, 3.63) is 52.2 Å². The minimum atomic E-state index is -4.57. The molecule has 4 rings (SSSR count). The zero-order valence-corrected chi connectivity index (χ0v) is 14.2. The molecule has 0 amide bonds. The summed E-state index contributed by atoms with van der Waals surface area (Å²) in [5.41, 5.74) is -2.39. The van der Waals surface area contributed by atoms with Crippen molar-refractivity contribution in [2.45, 2.75) is 24.3 Å². The molecule has 0 fully saturated rings. The van der Waals surface area contributed by atoms with E-state index in [-0.39, 0.29) is 29.8 Å². The van der Waals surface area contributed by atoms with Gasteiger partial charge in [0.05, 0.1) is 29.3 Å². The fraction of sp³-hybridized carbons (Fsp3) is 0.353. The lowest BCUT2D eigenvalue weighted by atomic mass is 9.85. The van der Waals surface area contributed by atoms with E-state index in [2.05, 4.69) is 4.99 Å². The number of rotatable bonds is 0. The number of fused-ring (bicyclic) bond motifs is 3. The van der Waals surface area contributed by atoms with Gasteiger partial charge >= 0.3 is 12.4 Å². The number of nitrogens with zero attached hydrogens (tertiary/aromatic N) is 2. The molecule has 0 aliphatic carbocycles. The molecule has 1 aromatic carbocycles. The smallest absolute Gasteiger partial charge is 0.417 e. The normalized spacial score (nSPS) is 24.7. The average Bonchev–Trinajstić information content (AvgIpc) is 2.93. The number of ether oxygens (including phenoxy) is 1. The lowest BCUT2D eigenvalue weighted by molar-refractivity contribution is -0.137. The summed E-state index contributed by atoms with van der Waals surface area (Å²) < 4.78 is 83.3. The molecule has 144 valence electrons. The summed E-state index contributed by atoms with van der Waals surface area (Å²) in [6, 6.07) is 3.08. The predicted octanol–water partition coefficient (Wildman–Crippen LogP) is 4.98. The number of amidine groups is 1. The molecule has 3 nitrogen and oxygen atoms in total. The summed E-state index contributed by atoms with van der Waals surface area (Å²) in [4.78, 5) is 5.79. The Balaban J connectivity index is 1.76. The summed E-state index contributed by atoms with van der Waals surface area (Å²) in [7, 11) is 0. The van der Waals surface area contributed by atoms with E-state index in [1.54, 1.807) is 0 Å². The van der Waals surface area contributed by atoms with Crippen LogP contribution in [0.4, 0.5) is 26.3 Å². The van der Waals surface area contributed by atoms with Crippen molar-refractivity contribution in [1.29, 1.82) is 0 Å². The zero-order valence-electron chi connectivity index (χ0n) is 13.5. The van der Waals surface area contributed by atoms with Crippen molar-refractivity contribution >= 4 is 17.4 Å². The average molecular weight is 409 g/mol. The van der Waals surface area contributed by atoms with Crippen molar-refractivity contribution in [1.82, 2.24) is 4.90 Å². The summed E-state index contributed by atoms with van der Waals surface area (Å²) >= 11 is 6.00. The second kappa shape index (κ2) is 5.67. The molecule has 3 aliphatic heterocycles. The van der Waals surface area contributed by atoms with E-state index in [1.165, 1.54) is 11.0 Å². The molecular weight excluding hydrogens is 398 g/mol. The van der Waals surface area contributed by atoms with Crippen LogP contribution < -0.4 is 4.74 Å². The Kier molecular flexibility index (Phi) is 3.82. The van der Waals surface area contributed by atoms with Crippen LogP contribution in [0.15, 0.2) is 46.1 Å². The summed E-state index contributed by atoms with van der Waals surface area (Å²) in [6.07, 6.45) is -7.08. The quantitative estimate of drug-likeness (QED) is 0.566. The lowest BCUT2D eigenvalue weighted by Crippen LogP contribution is -2.37. The number of halogens is 7. The van der Waals surface area contributed by atoms with Gasteiger partial charge in [0.1, 0.15) is 17.1 Å². The van der Waals surface area contributed by atoms with Gasteiger partial charge in [-0.25, -0.2) is 0 Å². The first-order valence-electron chi connectivity index (χ1n) is 7.87. The van der Waals surface area contributed by atoms with E-state index < -0.39 is 29.0 Å². The first-order chi connectivity index (χ1) is 12.5. The van der Waals surface area contributed by atoms with Crippen molar-refractivity contribution in [3.63, 3.8) is 0 Å². The van der Waals surface area contributed by atoms with Gasteiger partial charge in [0.15, 0.2) is 0 Å². The van der Waals surface area contributed by atoms with Crippen LogP contribution >= 0.6 is 11.6 Å². The van der Waals surface area contributed by atoms with Gasteiger partial charge < -0.3 is 9.64 Å². The first-order valence-corrected chi connectivity index (χ1v) is 8.25. The highest BCUT2D eigenvalue weighted by atomic mass is 35.5. The molecule has 3 heterocycles. The molecular formula is C17H11ClF6N2O. The fourth-order valence-electron chi connectivity index (χ4n) is 3.47. The Morgan fingerprint density at radius 3 is 2.52 bits per heavy atom. The van der Waals surface area contributed by atoms with Crippen LogP contribution in [0.25, 0.3) is 0 Å². The Hall–Kier alpha value is -2.16. The SMILES string of the molecule is FC(F)(F)C1=CN2C[C@]3(CCOc4cc(C(F)(F)F)ccc43)N=C2C(Cl)=C1. The van der Waals surface area contributed by atoms with E-state index in [1.807, 2.05) is 0 Å². The number of aliphatic imine (C=N–C) groups is 1. The molecule has 1 atom stereocenters. The van der Waals surface area contributed by atoms with E-state index >= 15 is 0 Å². The van der Waals surface area contributed by atoms with Crippen LogP contribution in [0.2, 0.25) is 0 Å². The minimum Gasteiger partial charge on any atom is -0.493 e. The van der Waals surface area contributed by atoms with Gasteiger partial charge in [-0.1, -0.05) is 17.7 Å². The molecule has 1 aromatic rings. The number of allylic oxidation sites excluding steroid dienone is 2. The topological polar surface area (TPSA) is 24.8 Å². The number of hydrogen-bond donors (Lipinski definition) is 0. The predicted molar refractivity (Wildman–Crippen MR) is 85.4 cm³/mol. The maximum atomic E-state index is 13.0. The molecule has 0 bridgehead atoms. The third-order valence-electron chi connectivity index (χ3n) is 4.73. The van der Waals surface area contributed by atoms with Gasteiger partial charge in [-0.2, -0.15) is 26.3 Å². The van der Waals surface area contributed by atoms with Crippen molar-refractivity contribution < 1.29 is 31.1 Å². The van der Waals surface area contributed by atoms with Crippen LogP contribution in [0.5, 0.6) is 5.75 Å². The van der Waals surface area contributed by atoms with Gasteiger partial charge in [-0.15, -0.1) is 0 Å². The summed E-state index contributed by atoms with van der Waals surface area (Å²) in [6.45, 7) is 0.129. The molecule has 27 heavy (non-hydrogen) atoms. The van der Waals surface area contributed by atoms with Crippen LogP contribution in [-0.2, 0) is 11.7 Å². The highest BCUT2D eigenvalue weighted by Gasteiger charge is 2.47. The summed E-state index contributed by atoms with van der Waals surface area (Å²) in [5.74, 6) is 0.192. The molecule has 1 spiro atoms.